The van der Waals surface area contributed by atoms with Crippen LogP contribution in [0.2, 0.25) is 0 Å². The Bertz CT molecular complexity index is 1130. The van der Waals surface area contributed by atoms with E-state index in [0.717, 1.165) is 44.2 Å². The molecule has 0 unspecified atom stereocenters. The number of nitrogens with zero attached hydrogens (tertiary/aromatic N) is 3. The van der Waals surface area contributed by atoms with E-state index in [-0.39, 0.29) is 17.1 Å². The number of pyridine rings is 1. The number of aromatic nitrogens is 1. The zero-order valence-electron chi connectivity index (χ0n) is 20.4. The van der Waals surface area contributed by atoms with Gasteiger partial charge in [-0.05, 0) is 83.4 Å². The van der Waals surface area contributed by atoms with E-state index in [1.807, 2.05) is 44.2 Å². The molecule has 33 heavy (non-hydrogen) atoms. The Labute approximate surface area is 217 Å². The van der Waals surface area contributed by atoms with Crippen LogP contribution in [0, 0.1) is 6.92 Å². The topological polar surface area (TPSA) is 37.6 Å². The number of aliphatic imine (C=N–C) groups is 2. The van der Waals surface area contributed by atoms with E-state index >= 15 is 0 Å². The largest absolute Gasteiger partial charge is 0.251 e. The van der Waals surface area contributed by atoms with Crippen LogP contribution in [0.4, 0.5) is 11.4 Å². The summed E-state index contributed by atoms with van der Waals surface area (Å²) in [5.41, 5.74) is 9.20. The van der Waals surface area contributed by atoms with Gasteiger partial charge in [-0.25, -0.2) is 4.98 Å². The smallest absolute Gasteiger partial charge is 0.0849 e. The molecular weight excluding hydrogens is 514 g/mol. The molecule has 3 aromatic rings. The predicted octanol–water partition coefficient (Wildman–Crippen LogP) is 8.68. The van der Waals surface area contributed by atoms with Gasteiger partial charge in [0.05, 0.1) is 34.2 Å². The van der Waals surface area contributed by atoms with Gasteiger partial charge in [0, 0.05) is 21.5 Å². The van der Waals surface area contributed by atoms with Gasteiger partial charge in [0.15, 0.2) is 0 Å². The van der Waals surface area contributed by atoms with Gasteiger partial charge in [0.1, 0.15) is 0 Å². The summed E-state index contributed by atoms with van der Waals surface area (Å²) in [4.78, 5) is 14.8. The molecule has 3 rings (SSSR count). The number of halogens is 1. The second kappa shape index (κ2) is 11.9. The molecule has 0 saturated carbocycles. The average molecular weight is 546 g/mol. The third kappa shape index (κ3) is 6.50. The van der Waals surface area contributed by atoms with E-state index in [2.05, 4.69) is 74.8 Å². The molecule has 0 saturated heterocycles. The third-order valence-corrected chi connectivity index (χ3v) is 6.22. The van der Waals surface area contributed by atoms with Crippen LogP contribution in [-0.2, 0) is 17.1 Å². The molecule has 0 amide bonds. The van der Waals surface area contributed by atoms with Gasteiger partial charge in [0.25, 0.3) is 0 Å². The van der Waals surface area contributed by atoms with Crippen LogP contribution in [0.1, 0.15) is 81.5 Å². The number of para-hydroxylation sites is 2. The summed E-state index contributed by atoms with van der Waals surface area (Å²) < 4.78 is 0.984. The summed E-state index contributed by atoms with van der Waals surface area (Å²) >= 11 is 3.61. The summed E-state index contributed by atoms with van der Waals surface area (Å²) in [5, 5.41) is 0. The molecule has 0 spiro atoms. The van der Waals surface area contributed by atoms with Crippen molar-refractivity contribution >= 4 is 38.7 Å². The van der Waals surface area contributed by atoms with Gasteiger partial charge in [-0.15, -0.1) is 0 Å². The summed E-state index contributed by atoms with van der Waals surface area (Å²) in [6.07, 6.45) is 0. The molecule has 0 fully saturated rings. The summed E-state index contributed by atoms with van der Waals surface area (Å²) in [5.74, 6) is 0.808. The van der Waals surface area contributed by atoms with Crippen molar-refractivity contribution in [3.8, 4) is 0 Å². The van der Waals surface area contributed by atoms with Gasteiger partial charge in [0.2, 0.25) is 0 Å². The third-order valence-electron chi connectivity index (χ3n) is 5.58. The summed E-state index contributed by atoms with van der Waals surface area (Å²) in [6.45, 7) is 15.0. The maximum Gasteiger partial charge on any atom is 0.0849 e. The van der Waals surface area contributed by atoms with Crippen LogP contribution in [0.3, 0.4) is 0 Å². The molecule has 0 atom stereocenters. The van der Waals surface area contributed by atoms with Crippen molar-refractivity contribution in [1.82, 2.24) is 4.98 Å². The predicted molar refractivity (Wildman–Crippen MR) is 141 cm³/mol. The first-order chi connectivity index (χ1) is 15.2. The minimum absolute atomic E-state index is 0. The molecule has 0 aliphatic rings. The van der Waals surface area contributed by atoms with Gasteiger partial charge < -0.3 is 0 Å². The van der Waals surface area contributed by atoms with Gasteiger partial charge in [-0.2, -0.15) is 0 Å². The second-order valence-corrected chi connectivity index (χ2v) is 9.66. The Morgan fingerprint density at radius 3 is 1.67 bits per heavy atom. The van der Waals surface area contributed by atoms with Gasteiger partial charge in [-0.3, -0.25) is 9.98 Å². The zero-order chi connectivity index (χ0) is 23.4. The Kier molecular flexibility index (Phi) is 9.78. The van der Waals surface area contributed by atoms with Crippen LogP contribution in [0.5, 0.6) is 0 Å². The van der Waals surface area contributed by atoms with Crippen LogP contribution in [0.15, 0.2) is 69.1 Å². The number of hydrogen-bond acceptors (Lipinski definition) is 3. The molecule has 174 valence electrons. The van der Waals surface area contributed by atoms with E-state index in [1.165, 1.54) is 11.1 Å². The molecule has 1 aromatic heterocycles. The van der Waals surface area contributed by atoms with E-state index in [9.17, 15) is 0 Å². The van der Waals surface area contributed by atoms with Gasteiger partial charge >= 0.3 is 0 Å². The SMILES string of the molecule is C/C(=N\c1c(C)cccc1Br)c1cccc(/C(C)=N/c2c(C(C)C)cccc2C(C)C)n1.[Fe]. The Balaban J connectivity index is 0.00000385. The van der Waals surface area contributed by atoms with Crippen molar-refractivity contribution in [3.63, 3.8) is 0 Å². The fourth-order valence-electron chi connectivity index (χ4n) is 3.69. The van der Waals surface area contributed by atoms with Crippen LogP contribution >= 0.6 is 15.9 Å². The molecule has 0 aliphatic carbocycles. The molecule has 0 radical (unpaired) electrons. The maximum absolute atomic E-state index is 5.09. The van der Waals surface area contributed by atoms with Crippen molar-refractivity contribution in [1.29, 1.82) is 0 Å². The van der Waals surface area contributed by atoms with E-state index < -0.39 is 0 Å². The van der Waals surface area contributed by atoms with Crippen LogP contribution < -0.4 is 0 Å². The Morgan fingerprint density at radius 2 is 1.18 bits per heavy atom. The fourth-order valence-corrected chi connectivity index (χ4v) is 4.25. The molecule has 1 heterocycles. The summed E-state index contributed by atoms with van der Waals surface area (Å²) in [7, 11) is 0. The normalized spacial score (nSPS) is 12.3. The second-order valence-electron chi connectivity index (χ2n) is 8.80. The van der Waals surface area contributed by atoms with Crippen molar-refractivity contribution < 1.29 is 17.1 Å². The Hall–Kier alpha value is -2.07. The van der Waals surface area contributed by atoms with Crippen molar-refractivity contribution in [2.45, 2.75) is 60.3 Å². The molecular formula is C28H32BrFeN3. The Morgan fingerprint density at radius 1 is 0.727 bits per heavy atom. The standard InChI is InChI=1S/C28H32BrN3.Fe/c1-17(2)22-12-9-13-23(18(3)4)28(22)31-21(7)26-16-10-15-25(32-26)20(6)30-27-19(5)11-8-14-24(27)29;/h8-18H,1-7H3;/b30-20+,31-21+;. The van der Waals surface area contributed by atoms with Crippen molar-refractivity contribution in [2.24, 2.45) is 9.98 Å². The van der Waals surface area contributed by atoms with Crippen molar-refractivity contribution in [3.05, 3.63) is 87.1 Å². The number of hydrogen-bond donors (Lipinski definition) is 0. The minimum Gasteiger partial charge on any atom is -0.251 e. The van der Waals surface area contributed by atoms with E-state index in [1.54, 1.807) is 0 Å². The first-order valence-corrected chi connectivity index (χ1v) is 11.9. The molecule has 3 nitrogen and oxygen atoms in total. The molecule has 0 N–H and O–H groups in total. The minimum atomic E-state index is 0. The first kappa shape index (κ1) is 27.2. The zero-order valence-corrected chi connectivity index (χ0v) is 23.1. The molecule has 0 bridgehead atoms. The number of aryl methyl sites for hydroxylation is 1. The van der Waals surface area contributed by atoms with Crippen LogP contribution in [0.25, 0.3) is 0 Å². The summed E-state index contributed by atoms with van der Waals surface area (Å²) in [6, 6.07) is 18.7. The monoisotopic (exact) mass is 545 g/mol. The number of rotatable bonds is 6. The number of benzene rings is 2. The van der Waals surface area contributed by atoms with Crippen LogP contribution in [-0.4, -0.2) is 16.4 Å². The average Bonchev–Trinajstić information content (AvgIpc) is 2.76. The van der Waals surface area contributed by atoms with Crippen molar-refractivity contribution in [2.75, 3.05) is 0 Å². The van der Waals surface area contributed by atoms with E-state index in [4.69, 9.17) is 15.0 Å². The van der Waals surface area contributed by atoms with E-state index in [0.29, 0.717) is 11.8 Å². The maximum atomic E-state index is 5.09. The molecule has 5 heteroatoms. The van der Waals surface area contributed by atoms with Gasteiger partial charge in [-0.1, -0.05) is 64.1 Å². The molecule has 0 aliphatic heterocycles. The quantitative estimate of drug-likeness (QED) is 0.225. The molecule has 2 aromatic carbocycles. The first-order valence-electron chi connectivity index (χ1n) is 11.1. The fraction of sp³-hybridized carbons (Fsp3) is 0.321.